The molecule has 2 atom stereocenters. The first-order valence-corrected chi connectivity index (χ1v) is 6.45. The highest BCUT2D eigenvalue weighted by Gasteiger charge is 2.23. The van der Waals surface area contributed by atoms with Gasteiger partial charge in [0.25, 0.3) is 0 Å². The van der Waals surface area contributed by atoms with Crippen LogP contribution in [0.25, 0.3) is 0 Å². The van der Waals surface area contributed by atoms with Crippen LogP contribution < -0.4 is 5.73 Å². The van der Waals surface area contributed by atoms with Gasteiger partial charge >= 0.3 is 5.97 Å². The third kappa shape index (κ3) is 4.23. The summed E-state index contributed by atoms with van der Waals surface area (Å²) in [5.74, 6) is -4.85. The van der Waals surface area contributed by atoms with Crippen LogP contribution in [0, 0.1) is 29.3 Å². The highest BCUT2D eigenvalue weighted by Crippen LogP contribution is 2.24. The van der Waals surface area contributed by atoms with E-state index >= 15 is 0 Å². The molecule has 1 rings (SSSR count). The molecule has 6 heteroatoms. The van der Waals surface area contributed by atoms with Crippen molar-refractivity contribution in [3.05, 3.63) is 35.1 Å². The van der Waals surface area contributed by atoms with Crippen molar-refractivity contribution in [3.8, 4) is 0 Å². The summed E-state index contributed by atoms with van der Waals surface area (Å²) >= 11 is 0. The van der Waals surface area contributed by atoms with E-state index in [-0.39, 0.29) is 30.9 Å². The molecule has 20 heavy (non-hydrogen) atoms. The van der Waals surface area contributed by atoms with Gasteiger partial charge in [0.05, 0.1) is 5.92 Å². The zero-order chi connectivity index (χ0) is 15.3. The molecular weight excluding hydrogens is 271 g/mol. The molecule has 0 aromatic heterocycles. The Morgan fingerprint density at radius 1 is 1.30 bits per heavy atom. The van der Waals surface area contributed by atoms with Gasteiger partial charge in [-0.15, -0.1) is 0 Å². The van der Waals surface area contributed by atoms with Crippen molar-refractivity contribution in [2.45, 2.75) is 26.2 Å². The number of benzene rings is 1. The topological polar surface area (TPSA) is 63.3 Å². The maximum Gasteiger partial charge on any atom is 0.307 e. The normalized spacial score (nSPS) is 14.1. The Bertz CT molecular complexity index is 456. The van der Waals surface area contributed by atoms with Crippen LogP contribution in [0.1, 0.15) is 25.3 Å². The summed E-state index contributed by atoms with van der Waals surface area (Å²) in [6, 6.07) is 1.26. The summed E-state index contributed by atoms with van der Waals surface area (Å²) in [4.78, 5) is 10.9. The van der Waals surface area contributed by atoms with E-state index in [0.717, 1.165) is 0 Å². The third-order valence-corrected chi connectivity index (χ3v) is 3.43. The Kier molecular flexibility index (Phi) is 6.01. The molecule has 0 amide bonds. The first-order chi connectivity index (χ1) is 9.38. The van der Waals surface area contributed by atoms with Gasteiger partial charge in [-0.1, -0.05) is 13.3 Å². The van der Waals surface area contributed by atoms with Crippen molar-refractivity contribution < 1.29 is 23.1 Å². The van der Waals surface area contributed by atoms with E-state index in [9.17, 15) is 18.0 Å². The highest BCUT2D eigenvalue weighted by atomic mass is 19.1. The number of carboxylic acids is 1. The van der Waals surface area contributed by atoms with E-state index in [0.29, 0.717) is 18.6 Å². The van der Waals surface area contributed by atoms with E-state index < -0.39 is 29.3 Å². The second-order valence-corrected chi connectivity index (χ2v) is 4.83. The molecule has 0 saturated heterocycles. The van der Waals surface area contributed by atoms with E-state index in [2.05, 4.69) is 0 Å². The van der Waals surface area contributed by atoms with E-state index in [1.54, 1.807) is 6.92 Å². The van der Waals surface area contributed by atoms with Crippen LogP contribution in [-0.4, -0.2) is 17.6 Å². The molecule has 0 radical (unpaired) electrons. The molecule has 3 N–H and O–H groups in total. The first-order valence-electron chi connectivity index (χ1n) is 6.45. The Hall–Kier alpha value is -1.56. The minimum absolute atomic E-state index is 0.0260. The Balaban J connectivity index is 2.86. The minimum Gasteiger partial charge on any atom is -0.481 e. The molecule has 1 aromatic carbocycles. The molecule has 0 aliphatic rings. The van der Waals surface area contributed by atoms with Gasteiger partial charge in [0.1, 0.15) is 17.5 Å². The fourth-order valence-corrected chi connectivity index (χ4v) is 2.15. The quantitative estimate of drug-likeness (QED) is 0.811. The predicted molar refractivity (Wildman–Crippen MR) is 68.6 cm³/mol. The van der Waals surface area contributed by atoms with Crippen molar-refractivity contribution in [1.29, 1.82) is 0 Å². The summed E-state index contributed by atoms with van der Waals surface area (Å²) in [6.07, 6.45) is 0.816. The van der Waals surface area contributed by atoms with Gasteiger partial charge < -0.3 is 10.8 Å². The number of aliphatic carboxylic acids is 1. The molecule has 112 valence electrons. The Labute approximate surface area is 115 Å². The lowest BCUT2D eigenvalue weighted by atomic mass is 9.87. The third-order valence-electron chi connectivity index (χ3n) is 3.43. The number of rotatable bonds is 7. The summed E-state index contributed by atoms with van der Waals surface area (Å²) in [5.41, 5.74) is 5.16. The molecular formula is C14H18F3NO2. The summed E-state index contributed by atoms with van der Waals surface area (Å²) in [6.45, 7) is 1.78. The van der Waals surface area contributed by atoms with E-state index in [4.69, 9.17) is 10.8 Å². The van der Waals surface area contributed by atoms with Crippen molar-refractivity contribution in [1.82, 2.24) is 0 Å². The molecule has 0 fully saturated rings. The van der Waals surface area contributed by atoms with Gasteiger partial charge in [-0.05, 0) is 18.8 Å². The lowest BCUT2D eigenvalue weighted by Crippen LogP contribution is -2.26. The molecule has 2 unspecified atom stereocenters. The molecule has 0 aliphatic carbocycles. The fraction of sp³-hybridized carbons (Fsp3) is 0.500. The van der Waals surface area contributed by atoms with Gasteiger partial charge in [0.15, 0.2) is 0 Å². The second-order valence-electron chi connectivity index (χ2n) is 4.83. The second kappa shape index (κ2) is 7.28. The zero-order valence-corrected chi connectivity index (χ0v) is 11.2. The lowest BCUT2D eigenvalue weighted by Gasteiger charge is -2.19. The molecule has 0 heterocycles. The maximum atomic E-state index is 13.6. The van der Waals surface area contributed by atoms with Gasteiger partial charge in [0, 0.05) is 24.2 Å². The largest absolute Gasteiger partial charge is 0.481 e. The van der Waals surface area contributed by atoms with Crippen LogP contribution in [0.15, 0.2) is 12.1 Å². The summed E-state index contributed by atoms with van der Waals surface area (Å²) < 4.78 is 40.0. The smallest absolute Gasteiger partial charge is 0.307 e. The van der Waals surface area contributed by atoms with E-state index in [1.807, 2.05) is 0 Å². The lowest BCUT2D eigenvalue weighted by molar-refractivity contribution is -0.142. The molecule has 0 saturated carbocycles. The predicted octanol–water partition coefficient (Wildman–Crippen LogP) is 2.72. The summed E-state index contributed by atoms with van der Waals surface area (Å²) in [5, 5.41) is 8.95. The number of hydrogen-bond donors (Lipinski definition) is 2. The number of carboxylic acid groups (broad SMARTS) is 1. The Morgan fingerprint density at radius 3 is 2.25 bits per heavy atom. The average molecular weight is 289 g/mol. The van der Waals surface area contributed by atoms with Crippen molar-refractivity contribution >= 4 is 5.97 Å². The van der Waals surface area contributed by atoms with Crippen LogP contribution in [-0.2, 0) is 11.2 Å². The number of nitrogens with two attached hydrogens (primary N) is 1. The molecule has 1 aromatic rings. The maximum absolute atomic E-state index is 13.6. The van der Waals surface area contributed by atoms with Crippen LogP contribution in [0.4, 0.5) is 13.2 Å². The van der Waals surface area contributed by atoms with Crippen LogP contribution >= 0.6 is 0 Å². The van der Waals surface area contributed by atoms with E-state index in [1.165, 1.54) is 0 Å². The SMILES string of the molecule is CCC(Cc1c(F)cc(F)cc1F)CC(CN)C(=O)O. The first kappa shape index (κ1) is 16.5. The number of hydrogen-bond acceptors (Lipinski definition) is 2. The molecule has 3 nitrogen and oxygen atoms in total. The fourth-order valence-electron chi connectivity index (χ4n) is 2.15. The van der Waals surface area contributed by atoms with Crippen molar-refractivity contribution in [3.63, 3.8) is 0 Å². The van der Waals surface area contributed by atoms with Crippen LogP contribution in [0.5, 0.6) is 0 Å². The molecule has 0 spiro atoms. The standard InChI is InChI=1S/C14H18F3NO2/c1-2-8(3-9(7-18)14(19)20)4-11-12(16)5-10(15)6-13(11)17/h5-6,8-9H,2-4,7,18H2,1H3,(H,19,20). The summed E-state index contributed by atoms with van der Waals surface area (Å²) in [7, 11) is 0. The van der Waals surface area contributed by atoms with Gasteiger partial charge in [-0.3, -0.25) is 4.79 Å². The number of carbonyl (C=O) groups is 1. The minimum atomic E-state index is -1.02. The van der Waals surface area contributed by atoms with Gasteiger partial charge in [-0.25, -0.2) is 13.2 Å². The van der Waals surface area contributed by atoms with Crippen LogP contribution in [0.2, 0.25) is 0 Å². The highest BCUT2D eigenvalue weighted by molar-refractivity contribution is 5.70. The van der Waals surface area contributed by atoms with Crippen LogP contribution in [0.3, 0.4) is 0 Å². The van der Waals surface area contributed by atoms with Gasteiger partial charge in [-0.2, -0.15) is 0 Å². The van der Waals surface area contributed by atoms with Gasteiger partial charge in [0.2, 0.25) is 0 Å². The average Bonchev–Trinajstić information content (AvgIpc) is 2.36. The monoisotopic (exact) mass is 289 g/mol. The molecule has 0 aliphatic heterocycles. The zero-order valence-electron chi connectivity index (χ0n) is 11.2. The Morgan fingerprint density at radius 2 is 1.85 bits per heavy atom. The molecule has 0 bridgehead atoms. The van der Waals surface area contributed by atoms with Crippen molar-refractivity contribution in [2.75, 3.05) is 6.54 Å². The number of halogens is 3. The van der Waals surface area contributed by atoms with Crippen molar-refractivity contribution in [2.24, 2.45) is 17.6 Å².